The van der Waals surface area contributed by atoms with E-state index in [0.717, 1.165) is 0 Å². The van der Waals surface area contributed by atoms with Gasteiger partial charge in [-0.3, -0.25) is 5.32 Å². The summed E-state index contributed by atoms with van der Waals surface area (Å²) in [6, 6.07) is 15.1. The SMILES string of the molecule is FC(F)(F)C(NCCOc1ccccc1)c1ccccc1. The number of benzene rings is 2. The molecule has 112 valence electrons. The standard InChI is InChI=1S/C16H16F3NO/c17-16(18,19)15(13-7-3-1-4-8-13)20-11-12-21-14-9-5-2-6-10-14/h1-10,15,20H,11-12H2. The number of rotatable bonds is 6. The van der Waals surface area contributed by atoms with E-state index in [0.29, 0.717) is 5.75 Å². The number of hydrogen-bond donors (Lipinski definition) is 1. The van der Waals surface area contributed by atoms with Gasteiger partial charge < -0.3 is 4.74 Å². The van der Waals surface area contributed by atoms with E-state index >= 15 is 0 Å². The van der Waals surface area contributed by atoms with Crippen LogP contribution in [0.1, 0.15) is 11.6 Å². The second-order valence-electron chi connectivity index (χ2n) is 4.50. The summed E-state index contributed by atoms with van der Waals surface area (Å²) in [7, 11) is 0. The van der Waals surface area contributed by atoms with Crippen LogP contribution < -0.4 is 10.1 Å². The van der Waals surface area contributed by atoms with Gasteiger partial charge in [-0.1, -0.05) is 48.5 Å². The smallest absolute Gasteiger partial charge is 0.407 e. The van der Waals surface area contributed by atoms with Crippen LogP contribution in [0.4, 0.5) is 13.2 Å². The fraction of sp³-hybridized carbons (Fsp3) is 0.250. The fourth-order valence-corrected chi connectivity index (χ4v) is 1.96. The maximum atomic E-state index is 13.1. The summed E-state index contributed by atoms with van der Waals surface area (Å²) in [4.78, 5) is 0. The Morgan fingerprint density at radius 1 is 0.905 bits per heavy atom. The van der Waals surface area contributed by atoms with Crippen LogP contribution in [-0.2, 0) is 0 Å². The summed E-state index contributed by atoms with van der Waals surface area (Å²) in [6.45, 7) is 0.275. The van der Waals surface area contributed by atoms with Crippen molar-refractivity contribution in [2.24, 2.45) is 0 Å². The van der Waals surface area contributed by atoms with E-state index in [2.05, 4.69) is 5.32 Å². The molecule has 1 N–H and O–H groups in total. The lowest BCUT2D eigenvalue weighted by Crippen LogP contribution is -2.36. The van der Waals surface area contributed by atoms with Crippen LogP contribution in [0.3, 0.4) is 0 Å². The maximum Gasteiger partial charge on any atom is 0.407 e. The van der Waals surface area contributed by atoms with Crippen LogP contribution in [0.15, 0.2) is 60.7 Å². The van der Waals surface area contributed by atoms with Crippen molar-refractivity contribution in [1.82, 2.24) is 5.32 Å². The van der Waals surface area contributed by atoms with E-state index in [9.17, 15) is 13.2 Å². The predicted molar refractivity (Wildman–Crippen MR) is 75.2 cm³/mol. The Hall–Kier alpha value is -2.01. The third kappa shape index (κ3) is 4.79. The van der Waals surface area contributed by atoms with Gasteiger partial charge in [0.15, 0.2) is 0 Å². The van der Waals surface area contributed by atoms with Gasteiger partial charge in [-0.05, 0) is 17.7 Å². The first-order valence-electron chi connectivity index (χ1n) is 6.60. The van der Waals surface area contributed by atoms with Crippen LogP contribution in [0, 0.1) is 0 Å². The summed E-state index contributed by atoms with van der Waals surface area (Å²) in [5.74, 6) is 0.641. The zero-order chi connectivity index (χ0) is 15.1. The first kappa shape index (κ1) is 15.4. The molecule has 0 radical (unpaired) electrons. The average Bonchev–Trinajstić information content (AvgIpc) is 2.48. The molecule has 5 heteroatoms. The second-order valence-corrected chi connectivity index (χ2v) is 4.50. The van der Waals surface area contributed by atoms with Crippen LogP contribution >= 0.6 is 0 Å². The molecule has 1 atom stereocenters. The van der Waals surface area contributed by atoms with Crippen molar-refractivity contribution in [3.8, 4) is 5.75 Å². The first-order chi connectivity index (χ1) is 10.1. The topological polar surface area (TPSA) is 21.3 Å². The van der Waals surface area contributed by atoms with Gasteiger partial charge in [0.25, 0.3) is 0 Å². The summed E-state index contributed by atoms with van der Waals surface area (Å²) in [6.07, 6.45) is -4.34. The van der Waals surface area contributed by atoms with Gasteiger partial charge in [0.1, 0.15) is 18.4 Å². The molecule has 0 aliphatic heterocycles. The van der Waals surface area contributed by atoms with Crippen molar-refractivity contribution in [2.75, 3.05) is 13.2 Å². The van der Waals surface area contributed by atoms with Crippen LogP contribution in [0.5, 0.6) is 5.75 Å². The Labute approximate surface area is 121 Å². The fourth-order valence-electron chi connectivity index (χ4n) is 1.96. The summed E-state index contributed by atoms with van der Waals surface area (Å²) >= 11 is 0. The van der Waals surface area contributed by atoms with Gasteiger partial charge in [0.2, 0.25) is 0 Å². The highest BCUT2D eigenvalue weighted by molar-refractivity contribution is 5.21. The molecule has 0 heterocycles. The van der Waals surface area contributed by atoms with Crippen molar-refractivity contribution in [3.63, 3.8) is 0 Å². The third-order valence-corrected chi connectivity index (χ3v) is 2.92. The number of para-hydroxylation sites is 1. The Bertz CT molecular complexity index is 528. The highest BCUT2D eigenvalue weighted by atomic mass is 19.4. The van der Waals surface area contributed by atoms with Crippen molar-refractivity contribution in [1.29, 1.82) is 0 Å². The molecule has 2 nitrogen and oxygen atoms in total. The number of ether oxygens (including phenoxy) is 1. The molecule has 0 aliphatic rings. The van der Waals surface area contributed by atoms with Crippen molar-refractivity contribution < 1.29 is 17.9 Å². The number of nitrogens with one attached hydrogen (secondary N) is 1. The molecule has 2 aromatic rings. The number of hydrogen-bond acceptors (Lipinski definition) is 2. The minimum absolute atomic E-state index is 0.105. The zero-order valence-corrected chi connectivity index (χ0v) is 11.3. The summed E-state index contributed by atoms with van der Waals surface area (Å²) in [5, 5.41) is 2.50. The molecular weight excluding hydrogens is 279 g/mol. The molecular formula is C16H16F3NO. The van der Waals surface area contributed by atoms with Gasteiger partial charge in [-0.15, -0.1) is 0 Å². The third-order valence-electron chi connectivity index (χ3n) is 2.92. The van der Waals surface area contributed by atoms with Crippen molar-refractivity contribution in [2.45, 2.75) is 12.2 Å². The minimum Gasteiger partial charge on any atom is -0.492 e. The zero-order valence-electron chi connectivity index (χ0n) is 11.3. The normalized spacial score (nSPS) is 12.9. The van der Waals surface area contributed by atoms with E-state index < -0.39 is 12.2 Å². The number of alkyl halides is 3. The van der Waals surface area contributed by atoms with Gasteiger partial charge in [-0.25, -0.2) is 0 Å². The lowest BCUT2D eigenvalue weighted by Gasteiger charge is -2.22. The molecule has 1 unspecified atom stereocenters. The predicted octanol–water partition coefficient (Wildman–Crippen LogP) is 3.96. The van der Waals surface area contributed by atoms with Gasteiger partial charge in [-0.2, -0.15) is 13.2 Å². The van der Waals surface area contributed by atoms with Crippen LogP contribution in [0.2, 0.25) is 0 Å². The molecule has 21 heavy (non-hydrogen) atoms. The maximum absolute atomic E-state index is 13.1. The Morgan fingerprint density at radius 3 is 2.05 bits per heavy atom. The molecule has 2 aromatic carbocycles. The molecule has 2 rings (SSSR count). The first-order valence-corrected chi connectivity index (χ1v) is 6.60. The quantitative estimate of drug-likeness (QED) is 0.815. The molecule has 0 saturated heterocycles. The highest BCUT2D eigenvalue weighted by Crippen LogP contribution is 2.32. The molecule has 0 fully saturated rings. The molecule has 0 bridgehead atoms. The number of halogens is 3. The average molecular weight is 295 g/mol. The highest BCUT2D eigenvalue weighted by Gasteiger charge is 2.40. The summed E-state index contributed by atoms with van der Waals surface area (Å²) in [5.41, 5.74) is 0.199. The van der Waals surface area contributed by atoms with Crippen molar-refractivity contribution >= 4 is 0 Å². The Kier molecular flexibility index (Phi) is 5.22. The molecule has 0 aliphatic carbocycles. The van der Waals surface area contributed by atoms with Crippen LogP contribution in [-0.4, -0.2) is 19.3 Å². The largest absolute Gasteiger partial charge is 0.492 e. The molecule has 0 spiro atoms. The lowest BCUT2D eigenvalue weighted by molar-refractivity contribution is -0.157. The monoisotopic (exact) mass is 295 g/mol. The van der Waals surface area contributed by atoms with E-state index in [4.69, 9.17) is 4.74 Å². The van der Waals surface area contributed by atoms with E-state index in [-0.39, 0.29) is 18.7 Å². The van der Waals surface area contributed by atoms with E-state index in [1.165, 1.54) is 12.1 Å². The molecule has 0 aromatic heterocycles. The van der Waals surface area contributed by atoms with Crippen LogP contribution in [0.25, 0.3) is 0 Å². The van der Waals surface area contributed by atoms with Gasteiger partial charge in [0.05, 0.1) is 0 Å². The minimum atomic E-state index is -4.34. The van der Waals surface area contributed by atoms with E-state index in [1.807, 2.05) is 18.2 Å². The van der Waals surface area contributed by atoms with E-state index in [1.54, 1.807) is 30.3 Å². The Morgan fingerprint density at radius 2 is 1.48 bits per heavy atom. The lowest BCUT2D eigenvalue weighted by atomic mass is 10.1. The van der Waals surface area contributed by atoms with Gasteiger partial charge >= 0.3 is 6.18 Å². The second kappa shape index (κ2) is 7.13. The molecule has 0 saturated carbocycles. The van der Waals surface area contributed by atoms with Gasteiger partial charge in [0, 0.05) is 6.54 Å². The Balaban J connectivity index is 1.89. The summed E-state index contributed by atoms with van der Waals surface area (Å²) < 4.78 is 44.5. The van der Waals surface area contributed by atoms with Crippen molar-refractivity contribution in [3.05, 3.63) is 66.2 Å². The molecule has 0 amide bonds.